The number of ether oxygens (including phenoxy) is 2. The Morgan fingerprint density at radius 2 is 2.13 bits per heavy atom. The Labute approximate surface area is 138 Å². The Morgan fingerprint density at radius 1 is 1.43 bits per heavy atom. The van der Waals surface area contributed by atoms with Gasteiger partial charge in [0.05, 0.1) is 11.7 Å². The summed E-state index contributed by atoms with van der Waals surface area (Å²) in [6.07, 6.45) is 2.52. The van der Waals surface area contributed by atoms with E-state index in [1.807, 2.05) is 13.8 Å². The van der Waals surface area contributed by atoms with Crippen molar-refractivity contribution in [3.63, 3.8) is 0 Å². The second kappa shape index (κ2) is 8.54. The van der Waals surface area contributed by atoms with Crippen molar-refractivity contribution in [2.24, 2.45) is 0 Å². The van der Waals surface area contributed by atoms with Gasteiger partial charge in [0.2, 0.25) is 0 Å². The van der Waals surface area contributed by atoms with Gasteiger partial charge in [0.15, 0.2) is 0 Å². The van der Waals surface area contributed by atoms with Crippen LogP contribution >= 0.6 is 0 Å². The van der Waals surface area contributed by atoms with Gasteiger partial charge in [-0.1, -0.05) is 19.8 Å². The number of carbonyl (C=O) groups is 1. The third-order valence-corrected chi connectivity index (χ3v) is 3.66. The lowest BCUT2D eigenvalue weighted by atomic mass is 9.97. The molecule has 5 nitrogen and oxygen atoms in total. The van der Waals surface area contributed by atoms with Gasteiger partial charge in [-0.05, 0) is 45.4 Å². The number of rotatable bonds is 8. The summed E-state index contributed by atoms with van der Waals surface area (Å²) in [5.74, 6) is 0.302. The minimum atomic E-state index is -0.879. The van der Waals surface area contributed by atoms with E-state index in [4.69, 9.17) is 9.47 Å². The first-order valence-electron chi connectivity index (χ1n) is 7.93. The van der Waals surface area contributed by atoms with Crippen molar-refractivity contribution in [3.05, 3.63) is 23.8 Å². The van der Waals surface area contributed by atoms with Crippen molar-refractivity contribution in [1.29, 1.82) is 5.26 Å². The van der Waals surface area contributed by atoms with Gasteiger partial charge in [-0.2, -0.15) is 5.26 Å². The van der Waals surface area contributed by atoms with Crippen LogP contribution in [0.2, 0.25) is 0 Å². The van der Waals surface area contributed by atoms with E-state index in [1.54, 1.807) is 25.1 Å². The van der Waals surface area contributed by atoms with Gasteiger partial charge in [0, 0.05) is 12.8 Å². The zero-order chi connectivity index (χ0) is 17.5. The van der Waals surface area contributed by atoms with Crippen LogP contribution in [0.25, 0.3) is 0 Å². The molecule has 0 radical (unpaired) electrons. The van der Waals surface area contributed by atoms with Crippen LogP contribution in [0.5, 0.6) is 5.75 Å². The minimum Gasteiger partial charge on any atom is -0.490 e. The highest BCUT2D eigenvalue weighted by Gasteiger charge is 2.32. The monoisotopic (exact) mass is 318 g/mol. The average molecular weight is 318 g/mol. The van der Waals surface area contributed by atoms with Crippen molar-refractivity contribution in [3.8, 4) is 11.8 Å². The van der Waals surface area contributed by atoms with Crippen LogP contribution in [0.4, 0.5) is 5.69 Å². The van der Waals surface area contributed by atoms with E-state index in [9.17, 15) is 10.1 Å². The summed E-state index contributed by atoms with van der Waals surface area (Å²) in [6.45, 7) is 7.64. The largest absolute Gasteiger partial charge is 0.490 e. The number of nitrogens with zero attached hydrogens (tertiary/aromatic N) is 1. The molecule has 1 aromatic rings. The minimum absolute atomic E-state index is 0.0200. The summed E-state index contributed by atoms with van der Waals surface area (Å²) >= 11 is 0. The van der Waals surface area contributed by atoms with Gasteiger partial charge < -0.3 is 14.8 Å². The molecule has 0 aromatic heterocycles. The van der Waals surface area contributed by atoms with Crippen molar-refractivity contribution in [2.75, 3.05) is 12.4 Å². The maximum Gasteiger partial charge on any atom is 0.256 e. The molecule has 0 aliphatic rings. The summed E-state index contributed by atoms with van der Waals surface area (Å²) in [5.41, 5.74) is 0.0715. The van der Waals surface area contributed by atoms with Gasteiger partial charge in [-0.15, -0.1) is 0 Å². The quantitative estimate of drug-likeness (QED) is 0.789. The predicted octanol–water partition coefficient (Wildman–Crippen LogP) is 3.88. The SMILES string of the molecule is CCCCC(C)(OC)C(=O)Nc1ccc(OC(C)C)c(C#N)c1. The molecule has 0 spiro atoms. The molecule has 5 heteroatoms. The first-order chi connectivity index (χ1) is 10.9. The lowest BCUT2D eigenvalue weighted by Crippen LogP contribution is -2.41. The fourth-order valence-corrected chi connectivity index (χ4v) is 2.14. The maximum atomic E-state index is 12.5. The van der Waals surface area contributed by atoms with E-state index in [0.717, 1.165) is 12.8 Å². The molecule has 1 N–H and O–H groups in total. The van der Waals surface area contributed by atoms with Gasteiger partial charge in [-0.25, -0.2) is 0 Å². The topological polar surface area (TPSA) is 71.3 Å². The van der Waals surface area contributed by atoms with Gasteiger partial charge in [0.1, 0.15) is 17.4 Å². The molecule has 0 aliphatic carbocycles. The van der Waals surface area contributed by atoms with E-state index in [1.165, 1.54) is 7.11 Å². The molecule has 1 amide bonds. The van der Waals surface area contributed by atoms with Crippen LogP contribution in [0.15, 0.2) is 18.2 Å². The Balaban J connectivity index is 2.92. The predicted molar refractivity (Wildman–Crippen MR) is 90.5 cm³/mol. The van der Waals surface area contributed by atoms with Crippen LogP contribution in [0.3, 0.4) is 0 Å². The third-order valence-electron chi connectivity index (χ3n) is 3.66. The fourth-order valence-electron chi connectivity index (χ4n) is 2.14. The molecule has 1 rings (SSSR count). The summed E-state index contributed by atoms with van der Waals surface area (Å²) in [7, 11) is 1.54. The van der Waals surface area contributed by atoms with Crippen molar-refractivity contribution in [2.45, 2.75) is 58.7 Å². The van der Waals surface area contributed by atoms with E-state index >= 15 is 0 Å². The van der Waals surface area contributed by atoms with Crippen LogP contribution in [0, 0.1) is 11.3 Å². The molecule has 0 aliphatic heterocycles. The molecule has 0 bridgehead atoms. The molecular formula is C18H26N2O3. The van der Waals surface area contributed by atoms with Crippen molar-refractivity contribution >= 4 is 11.6 Å². The number of carbonyl (C=O) groups excluding carboxylic acids is 1. The average Bonchev–Trinajstić information content (AvgIpc) is 2.53. The van der Waals surface area contributed by atoms with Crippen molar-refractivity contribution < 1.29 is 14.3 Å². The fraction of sp³-hybridized carbons (Fsp3) is 0.556. The normalized spacial score (nSPS) is 13.3. The summed E-state index contributed by atoms with van der Waals surface area (Å²) in [6, 6.07) is 7.14. The number of hydrogen-bond donors (Lipinski definition) is 1. The third kappa shape index (κ3) is 5.26. The zero-order valence-corrected chi connectivity index (χ0v) is 14.6. The number of hydrogen-bond acceptors (Lipinski definition) is 4. The molecule has 1 aromatic carbocycles. The number of nitriles is 1. The zero-order valence-electron chi connectivity index (χ0n) is 14.6. The van der Waals surface area contributed by atoms with E-state index in [-0.39, 0.29) is 12.0 Å². The second-order valence-corrected chi connectivity index (χ2v) is 5.98. The summed E-state index contributed by atoms with van der Waals surface area (Å²) < 4.78 is 11.0. The Bertz CT molecular complexity index is 578. The van der Waals surface area contributed by atoms with E-state index in [2.05, 4.69) is 18.3 Å². The molecule has 0 saturated heterocycles. The molecule has 0 saturated carbocycles. The smallest absolute Gasteiger partial charge is 0.256 e. The molecule has 0 fully saturated rings. The first kappa shape index (κ1) is 19.0. The van der Waals surface area contributed by atoms with Crippen LogP contribution in [-0.4, -0.2) is 24.7 Å². The molecule has 126 valence electrons. The second-order valence-electron chi connectivity index (χ2n) is 5.98. The standard InChI is InChI=1S/C18H26N2O3/c1-6-7-10-18(4,22-5)17(21)20-15-8-9-16(23-13(2)3)14(11-15)12-19/h8-9,11,13H,6-7,10H2,1-5H3,(H,20,21). The number of amides is 1. The van der Waals surface area contributed by atoms with E-state index < -0.39 is 5.60 Å². The maximum absolute atomic E-state index is 12.5. The lowest BCUT2D eigenvalue weighted by Gasteiger charge is -2.26. The molecular weight excluding hydrogens is 292 g/mol. The van der Waals surface area contributed by atoms with E-state index in [0.29, 0.717) is 23.4 Å². The van der Waals surface area contributed by atoms with Gasteiger partial charge >= 0.3 is 0 Å². The Kier molecular flexibility index (Phi) is 7.05. The highest BCUT2D eigenvalue weighted by molar-refractivity contribution is 5.97. The summed E-state index contributed by atoms with van der Waals surface area (Å²) in [4.78, 5) is 12.5. The molecule has 0 heterocycles. The Hall–Kier alpha value is -2.06. The van der Waals surface area contributed by atoms with Crippen LogP contribution < -0.4 is 10.1 Å². The lowest BCUT2D eigenvalue weighted by molar-refractivity contribution is -0.136. The number of methoxy groups -OCH3 is 1. The molecule has 1 unspecified atom stereocenters. The number of benzene rings is 1. The highest BCUT2D eigenvalue weighted by atomic mass is 16.5. The first-order valence-corrected chi connectivity index (χ1v) is 7.93. The Morgan fingerprint density at radius 3 is 2.65 bits per heavy atom. The van der Waals surface area contributed by atoms with Crippen LogP contribution in [0.1, 0.15) is 52.5 Å². The van der Waals surface area contributed by atoms with Crippen LogP contribution in [-0.2, 0) is 9.53 Å². The van der Waals surface area contributed by atoms with Gasteiger partial charge in [0.25, 0.3) is 5.91 Å². The highest BCUT2D eigenvalue weighted by Crippen LogP contribution is 2.25. The number of nitrogens with one attached hydrogen (secondary N) is 1. The van der Waals surface area contributed by atoms with Gasteiger partial charge in [-0.3, -0.25) is 4.79 Å². The number of unbranched alkanes of at least 4 members (excludes halogenated alkanes) is 1. The molecule has 23 heavy (non-hydrogen) atoms. The number of anilines is 1. The molecule has 1 atom stereocenters. The van der Waals surface area contributed by atoms with Crippen molar-refractivity contribution in [1.82, 2.24) is 0 Å². The summed E-state index contributed by atoms with van der Waals surface area (Å²) in [5, 5.41) is 12.1.